The highest BCUT2D eigenvalue weighted by molar-refractivity contribution is 7.12. The molecule has 2 aromatic carbocycles. The van der Waals surface area contributed by atoms with Gasteiger partial charge in [-0.25, -0.2) is 4.39 Å². The van der Waals surface area contributed by atoms with E-state index < -0.39 is 16.8 Å². The lowest BCUT2D eigenvalue weighted by molar-refractivity contribution is 0.0724. The molecule has 1 aliphatic heterocycles. The maximum atomic E-state index is 15.2. The first-order valence-electron chi connectivity index (χ1n) is 11.3. The number of aromatic nitrogens is 2. The van der Waals surface area contributed by atoms with Crippen molar-refractivity contribution in [2.45, 2.75) is 38.1 Å². The van der Waals surface area contributed by atoms with Crippen LogP contribution in [0.3, 0.4) is 0 Å². The zero-order valence-corrected chi connectivity index (χ0v) is 18.7. The summed E-state index contributed by atoms with van der Waals surface area (Å²) < 4.78 is 19.9. The van der Waals surface area contributed by atoms with Crippen molar-refractivity contribution in [1.29, 1.82) is 0 Å². The van der Waals surface area contributed by atoms with Gasteiger partial charge in [-0.15, -0.1) is 0 Å². The minimum Gasteiger partial charge on any atom is -0.339 e. The van der Waals surface area contributed by atoms with Crippen LogP contribution in [0.5, 0.6) is 0 Å². The average Bonchev–Trinajstić information content (AvgIpc) is 3.61. The van der Waals surface area contributed by atoms with E-state index in [4.69, 9.17) is 0 Å². The number of piperidine rings is 1. The Morgan fingerprint density at radius 2 is 1.76 bits per heavy atom. The Balaban J connectivity index is 1.46. The van der Waals surface area contributed by atoms with Crippen LogP contribution in [-0.4, -0.2) is 32.8 Å². The van der Waals surface area contributed by atoms with E-state index in [0.29, 0.717) is 27.0 Å². The molecule has 0 atom stereocenters. The lowest BCUT2D eigenvalue weighted by atomic mass is 10.00. The van der Waals surface area contributed by atoms with Crippen LogP contribution in [0.2, 0.25) is 0 Å². The summed E-state index contributed by atoms with van der Waals surface area (Å²) in [4.78, 5) is 40.5. The third-order valence-corrected chi connectivity index (χ3v) is 7.60. The predicted octanol–water partition coefficient (Wildman–Crippen LogP) is 4.67. The summed E-state index contributed by atoms with van der Waals surface area (Å²) in [7, 11) is 0. The topological polar surface area (TPSA) is 75.2 Å². The Hall–Kier alpha value is -3.26. The molecule has 168 valence electrons. The van der Waals surface area contributed by atoms with Gasteiger partial charge >= 0.3 is 0 Å². The number of fused-ring (bicyclic) bond motifs is 2. The Labute approximate surface area is 192 Å². The van der Waals surface area contributed by atoms with Crippen LogP contribution < -0.4 is 11.0 Å². The molecule has 0 radical (unpaired) electrons. The highest BCUT2D eigenvalue weighted by Gasteiger charge is 2.29. The first-order valence-corrected chi connectivity index (χ1v) is 12.1. The fraction of sp³-hybridized carbons (Fsp3) is 0.320. The van der Waals surface area contributed by atoms with Crippen molar-refractivity contribution in [3.8, 4) is 11.1 Å². The van der Waals surface area contributed by atoms with Crippen LogP contribution in [0.25, 0.3) is 32.2 Å². The molecule has 1 N–H and O–H groups in total. The molecular weight excluding hydrogens is 441 g/mol. The molecule has 0 bridgehead atoms. The van der Waals surface area contributed by atoms with Gasteiger partial charge in [0.2, 0.25) is 5.43 Å². The summed E-state index contributed by atoms with van der Waals surface area (Å²) >= 11 is 1.15. The molecular formula is C25H22FN3O3S. The molecule has 2 fully saturated rings. The third kappa shape index (κ3) is 3.31. The highest BCUT2D eigenvalue weighted by Crippen LogP contribution is 2.40. The molecule has 6 rings (SSSR count). The number of nitrogens with zero attached hydrogens (tertiary/aromatic N) is 2. The number of halogens is 1. The monoisotopic (exact) mass is 463 g/mol. The number of aromatic amines is 1. The summed E-state index contributed by atoms with van der Waals surface area (Å²) in [6.45, 7) is 1.55. The number of hydrogen-bond acceptors (Lipinski definition) is 4. The zero-order chi connectivity index (χ0) is 22.7. The van der Waals surface area contributed by atoms with E-state index >= 15 is 4.39 Å². The number of benzene rings is 2. The number of nitrogens with one attached hydrogen (secondary N) is 1. The van der Waals surface area contributed by atoms with E-state index in [-0.39, 0.29) is 22.7 Å². The van der Waals surface area contributed by atoms with Crippen LogP contribution in [-0.2, 0) is 0 Å². The Kier molecular flexibility index (Phi) is 4.72. The van der Waals surface area contributed by atoms with E-state index in [2.05, 4.69) is 4.37 Å². The molecule has 1 saturated heterocycles. The third-order valence-electron chi connectivity index (χ3n) is 6.71. The van der Waals surface area contributed by atoms with E-state index in [1.807, 2.05) is 9.47 Å². The van der Waals surface area contributed by atoms with Gasteiger partial charge in [-0.2, -0.15) is 0 Å². The molecule has 2 aromatic heterocycles. The van der Waals surface area contributed by atoms with Gasteiger partial charge in [0, 0.05) is 35.6 Å². The van der Waals surface area contributed by atoms with Crippen LogP contribution >= 0.6 is 11.5 Å². The molecule has 1 aliphatic carbocycles. The SMILES string of the molecule is O=C(c1ccc(-c2cc3c(cc2F)c(=O)c2c(=O)[nH]sc2n3C2CC2)cc1)N1CCCCC1. The fourth-order valence-corrected chi connectivity index (χ4v) is 5.76. The van der Waals surface area contributed by atoms with Crippen molar-refractivity contribution >= 4 is 38.6 Å². The average molecular weight is 464 g/mol. The first kappa shape index (κ1) is 20.4. The molecule has 2 aliphatic rings. The lowest BCUT2D eigenvalue weighted by Crippen LogP contribution is -2.35. The highest BCUT2D eigenvalue weighted by atomic mass is 32.1. The molecule has 1 saturated carbocycles. The number of H-pyrrole nitrogens is 1. The second-order valence-electron chi connectivity index (χ2n) is 8.92. The number of carbonyl (C=O) groups is 1. The second-order valence-corrected chi connectivity index (χ2v) is 9.72. The van der Waals surface area contributed by atoms with E-state index in [1.165, 1.54) is 6.07 Å². The van der Waals surface area contributed by atoms with Crippen LogP contribution in [0.15, 0.2) is 46.0 Å². The minimum absolute atomic E-state index is 0.00700. The maximum absolute atomic E-state index is 15.2. The lowest BCUT2D eigenvalue weighted by Gasteiger charge is -2.26. The second kappa shape index (κ2) is 7.66. The standard InChI is InChI=1S/C25H22FN3O3S/c26-19-12-18-20(29(16-8-9-16)25-21(22(18)30)23(31)27-33-25)13-17(19)14-4-6-15(7-5-14)24(32)28-10-2-1-3-11-28/h4-7,12-13,16H,1-3,8-11H2,(H,27,31). The van der Waals surface area contributed by atoms with Gasteiger partial charge in [-0.1, -0.05) is 12.1 Å². The van der Waals surface area contributed by atoms with Crippen molar-refractivity contribution in [3.05, 3.63) is 68.4 Å². The molecule has 0 unspecified atom stereocenters. The summed E-state index contributed by atoms with van der Waals surface area (Å²) in [5, 5.41) is 0.323. The first-order chi connectivity index (χ1) is 16.0. The summed E-state index contributed by atoms with van der Waals surface area (Å²) in [5.74, 6) is -0.518. The van der Waals surface area contributed by atoms with Crippen molar-refractivity contribution in [3.63, 3.8) is 0 Å². The largest absolute Gasteiger partial charge is 0.339 e. The van der Waals surface area contributed by atoms with Gasteiger partial charge in [0.25, 0.3) is 11.5 Å². The van der Waals surface area contributed by atoms with Crippen molar-refractivity contribution in [2.24, 2.45) is 0 Å². The molecule has 3 heterocycles. The van der Waals surface area contributed by atoms with Crippen molar-refractivity contribution in [1.82, 2.24) is 13.8 Å². The molecule has 4 aromatic rings. The number of pyridine rings is 1. The van der Waals surface area contributed by atoms with Crippen LogP contribution in [0, 0.1) is 5.82 Å². The Morgan fingerprint density at radius 1 is 1.03 bits per heavy atom. The van der Waals surface area contributed by atoms with Gasteiger partial charge in [0.1, 0.15) is 16.0 Å². The van der Waals surface area contributed by atoms with Gasteiger partial charge in [0.05, 0.1) is 5.52 Å². The Bertz CT molecular complexity index is 1520. The summed E-state index contributed by atoms with van der Waals surface area (Å²) in [6, 6.07) is 10.1. The van der Waals surface area contributed by atoms with Gasteiger partial charge < -0.3 is 9.47 Å². The quantitative estimate of drug-likeness (QED) is 0.480. The van der Waals surface area contributed by atoms with Gasteiger partial charge in [-0.05, 0) is 73.5 Å². The molecule has 0 spiro atoms. The number of carbonyl (C=O) groups excluding carboxylic acids is 1. The van der Waals surface area contributed by atoms with Crippen molar-refractivity contribution < 1.29 is 9.18 Å². The van der Waals surface area contributed by atoms with Crippen molar-refractivity contribution in [2.75, 3.05) is 13.1 Å². The smallest absolute Gasteiger partial charge is 0.271 e. The molecule has 6 nitrogen and oxygen atoms in total. The van der Waals surface area contributed by atoms with E-state index in [9.17, 15) is 14.4 Å². The number of rotatable bonds is 3. The fourth-order valence-electron chi connectivity index (χ4n) is 4.84. The normalized spacial score (nSPS) is 16.6. The summed E-state index contributed by atoms with van der Waals surface area (Å²) in [5.41, 5.74) is 1.38. The molecule has 8 heteroatoms. The Morgan fingerprint density at radius 3 is 2.45 bits per heavy atom. The number of amides is 1. The summed E-state index contributed by atoms with van der Waals surface area (Å²) in [6.07, 6.45) is 5.12. The zero-order valence-electron chi connectivity index (χ0n) is 17.9. The number of hydrogen-bond donors (Lipinski definition) is 1. The van der Waals surface area contributed by atoms with Gasteiger partial charge in [-0.3, -0.25) is 18.8 Å². The number of likely N-dealkylation sites (tertiary alicyclic amines) is 1. The molecule has 1 amide bonds. The minimum atomic E-state index is -0.525. The predicted molar refractivity (Wildman–Crippen MR) is 128 cm³/mol. The van der Waals surface area contributed by atoms with E-state index in [0.717, 1.165) is 56.7 Å². The molecule has 33 heavy (non-hydrogen) atoms. The van der Waals surface area contributed by atoms with Crippen LogP contribution in [0.4, 0.5) is 4.39 Å². The van der Waals surface area contributed by atoms with Gasteiger partial charge in [0.15, 0.2) is 0 Å². The maximum Gasteiger partial charge on any atom is 0.271 e. The van der Waals surface area contributed by atoms with Crippen LogP contribution in [0.1, 0.15) is 48.5 Å². The van der Waals surface area contributed by atoms with E-state index in [1.54, 1.807) is 30.3 Å².